The third kappa shape index (κ3) is 4.97. The van der Waals surface area contributed by atoms with Crippen LogP contribution in [0.1, 0.15) is 58.5 Å². The van der Waals surface area contributed by atoms with Gasteiger partial charge >= 0.3 is 5.97 Å². The van der Waals surface area contributed by atoms with Crippen LogP contribution in [0.4, 0.5) is 0 Å². The SMILES string of the molecule is C=C(C)[C@@H]1C[C@@H](c2cccc(Cl)c2)[C@@H](c2ccc(OC)cc2)O[C@H]1c1cccc(C(=O)O)c1. The fraction of sp³-hybridized carbons (Fsp3) is 0.250. The fourth-order valence-corrected chi connectivity index (χ4v) is 4.84. The Balaban J connectivity index is 1.79. The fourth-order valence-electron chi connectivity index (χ4n) is 4.64. The molecule has 3 aromatic rings. The number of hydrogen-bond acceptors (Lipinski definition) is 3. The summed E-state index contributed by atoms with van der Waals surface area (Å²) in [6, 6.07) is 22.8. The maximum Gasteiger partial charge on any atom is 0.335 e. The smallest absolute Gasteiger partial charge is 0.335 e. The summed E-state index contributed by atoms with van der Waals surface area (Å²) >= 11 is 6.34. The minimum Gasteiger partial charge on any atom is -0.497 e. The van der Waals surface area contributed by atoms with E-state index in [9.17, 15) is 9.90 Å². The van der Waals surface area contributed by atoms with Crippen LogP contribution in [-0.4, -0.2) is 18.2 Å². The zero-order valence-corrected chi connectivity index (χ0v) is 19.5. The standard InChI is InChI=1S/C28H27ClO4/c1-17(2)24-16-25(19-6-5-9-22(29)15-19)26(18-10-12-23(32-3)13-11-18)33-27(24)20-7-4-8-21(14-20)28(30)31/h4-15,24-27H,1,16H2,2-3H3,(H,30,31)/t24-,25-,26+,27-/m0/s1. The van der Waals surface area contributed by atoms with Crippen LogP contribution < -0.4 is 4.74 Å². The van der Waals surface area contributed by atoms with Crippen LogP contribution in [0.25, 0.3) is 0 Å². The number of halogens is 1. The second-order valence-electron chi connectivity index (χ2n) is 8.53. The molecule has 1 N–H and O–H groups in total. The third-order valence-corrected chi connectivity index (χ3v) is 6.58. The quantitative estimate of drug-likeness (QED) is 0.393. The van der Waals surface area contributed by atoms with Gasteiger partial charge in [-0.25, -0.2) is 4.79 Å². The van der Waals surface area contributed by atoms with E-state index in [2.05, 4.69) is 12.6 Å². The molecule has 1 heterocycles. The Morgan fingerprint density at radius 1 is 1.00 bits per heavy atom. The van der Waals surface area contributed by atoms with E-state index >= 15 is 0 Å². The van der Waals surface area contributed by atoms with Crippen molar-refractivity contribution in [1.82, 2.24) is 0 Å². The van der Waals surface area contributed by atoms with Crippen molar-refractivity contribution in [2.24, 2.45) is 5.92 Å². The predicted molar refractivity (Wildman–Crippen MR) is 130 cm³/mol. The van der Waals surface area contributed by atoms with E-state index in [1.807, 2.05) is 55.5 Å². The monoisotopic (exact) mass is 462 g/mol. The Morgan fingerprint density at radius 3 is 2.33 bits per heavy atom. The van der Waals surface area contributed by atoms with Gasteiger partial charge in [-0.05, 0) is 66.4 Å². The van der Waals surface area contributed by atoms with Crippen LogP contribution in [0, 0.1) is 5.92 Å². The molecular formula is C28H27ClO4. The molecule has 1 aliphatic rings. The molecule has 1 fully saturated rings. The van der Waals surface area contributed by atoms with Gasteiger partial charge in [0.05, 0.1) is 24.9 Å². The van der Waals surface area contributed by atoms with Gasteiger partial charge in [-0.2, -0.15) is 0 Å². The van der Waals surface area contributed by atoms with Gasteiger partial charge in [-0.1, -0.05) is 60.2 Å². The van der Waals surface area contributed by atoms with Crippen molar-refractivity contribution in [1.29, 1.82) is 0 Å². The molecule has 0 bridgehead atoms. The molecule has 0 spiro atoms. The minimum atomic E-state index is -0.956. The van der Waals surface area contributed by atoms with Crippen LogP contribution in [-0.2, 0) is 4.74 Å². The maximum absolute atomic E-state index is 11.6. The third-order valence-electron chi connectivity index (χ3n) is 6.35. The number of benzene rings is 3. The van der Waals surface area contributed by atoms with Crippen LogP contribution in [0.3, 0.4) is 0 Å². The highest BCUT2D eigenvalue weighted by Crippen LogP contribution is 2.52. The summed E-state index contributed by atoms with van der Waals surface area (Å²) < 4.78 is 12.1. The van der Waals surface area contributed by atoms with E-state index in [0.717, 1.165) is 34.4 Å². The zero-order valence-electron chi connectivity index (χ0n) is 18.7. The second kappa shape index (κ2) is 9.82. The van der Waals surface area contributed by atoms with Gasteiger partial charge in [0, 0.05) is 16.9 Å². The van der Waals surface area contributed by atoms with Crippen molar-refractivity contribution in [2.75, 3.05) is 7.11 Å². The molecule has 170 valence electrons. The first-order valence-corrected chi connectivity index (χ1v) is 11.3. The van der Waals surface area contributed by atoms with Crippen molar-refractivity contribution in [3.05, 3.63) is 112 Å². The van der Waals surface area contributed by atoms with E-state index in [1.165, 1.54) is 0 Å². The highest BCUT2D eigenvalue weighted by Gasteiger charge is 2.40. The Bertz CT molecular complexity index is 1150. The lowest BCUT2D eigenvalue weighted by Gasteiger charge is -2.43. The lowest BCUT2D eigenvalue weighted by molar-refractivity contribution is -0.0918. The summed E-state index contributed by atoms with van der Waals surface area (Å²) in [5.41, 5.74) is 4.22. The molecule has 3 aromatic carbocycles. The molecule has 4 rings (SSSR count). The van der Waals surface area contributed by atoms with E-state index in [-0.39, 0.29) is 29.6 Å². The molecule has 0 aromatic heterocycles. The zero-order chi connectivity index (χ0) is 23.5. The van der Waals surface area contributed by atoms with E-state index < -0.39 is 5.97 Å². The molecule has 4 nitrogen and oxygen atoms in total. The van der Waals surface area contributed by atoms with E-state index in [1.54, 1.807) is 25.3 Å². The summed E-state index contributed by atoms with van der Waals surface area (Å²) in [7, 11) is 1.64. The van der Waals surface area contributed by atoms with Crippen molar-refractivity contribution < 1.29 is 19.4 Å². The molecule has 5 heteroatoms. The molecular weight excluding hydrogens is 436 g/mol. The number of carboxylic acid groups (broad SMARTS) is 1. The summed E-state index contributed by atoms with van der Waals surface area (Å²) in [6.07, 6.45) is 0.238. The van der Waals surface area contributed by atoms with E-state index in [0.29, 0.717) is 5.02 Å². The molecule has 0 radical (unpaired) electrons. The number of ether oxygens (including phenoxy) is 2. The van der Waals surface area contributed by atoms with Gasteiger partial charge < -0.3 is 14.6 Å². The average molecular weight is 463 g/mol. The Morgan fingerprint density at radius 2 is 1.70 bits per heavy atom. The Kier molecular flexibility index (Phi) is 6.87. The summed E-state index contributed by atoms with van der Waals surface area (Å²) in [4.78, 5) is 11.6. The normalized spacial score (nSPS) is 22.5. The first-order chi connectivity index (χ1) is 15.9. The maximum atomic E-state index is 11.6. The lowest BCUT2D eigenvalue weighted by atomic mass is 9.74. The lowest BCUT2D eigenvalue weighted by Crippen LogP contribution is -2.31. The van der Waals surface area contributed by atoms with Gasteiger partial charge in [0.1, 0.15) is 5.75 Å². The molecule has 0 aliphatic carbocycles. The number of aromatic carboxylic acids is 1. The van der Waals surface area contributed by atoms with Crippen LogP contribution in [0.15, 0.2) is 84.9 Å². The summed E-state index contributed by atoms with van der Waals surface area (Å²) in [6.45, 7) is 6.24. The topological polar surface area (TPSA) is 55.8 Å². The van der Waals surface area contributed by atoms with Crippen molar-refractivity contribution in [3.63, 3.8) is 0 Å². The van der Waals surface area contributed by atoms with Gasteiger partial charge in [0.15, 0.2) is 0 Å². The number of hydrogen-bond donors (Lipinski definition) is 1. The highest BCUT2D eigenvalue weighted by atomic mass is 35.5. The predicted octanol–water partition coefficient (Wildman–Crippen LogP) is 7.23. The van der Waals surface area contributed by atoms with Crippen molar-refractivity contribution in [3.8, 4) is 5.75 Å². The van der Waals surface area contributed by atoms with Gasteiger partial charge in [-0.3, -0.25) is 0 Å². The van der Waals surface area contributed by atoms with Crippen molar-refractivity contribution >= 4 is 17.6 Å². The van der Waals surface area contributed by atoms with Gasteiger partial charge in [-0.15, -0.1) is 0 Å². The summed E-state index contributed by atoms with van der Waals surface area (Å²) in [5, 5.41) is 10.2. The van der Waals surface area contributed by atoms with Crippen LogP contribution in [0.2, 0.25) is 5.02 Å². The second-order valence-corrected chi connectivity index (χ2v) is 8.97. The number of carbonyl (C=O) groups is 1. The average Bonchev–Trinajstić information content (AvgIpc) is 2.83. The number of carboxylic acids is 1. The first-order valence-electron chi connectivity index (χ1n) is 10.9. The van der Waals surface area contributed by atoms with E-state index in [4.69, 9.17) is 21.1 Å². The molecule has 0 saturated carbocycles. The summed E-state index contributed by atoms with van der Waals surface area (Å²) in [5.74, 6) is -0.104. The Hall–Kier alpha value is -3.08. The molecule has 0 amide bonds. The Labute approximate surface area is 199 Å². The van der Waals surface area contributed by atoms with Gasteiger partial charge in [0.2, 0.25) is 0 Å². The number of methoxy groups -OCH3 is 1. The first kappa shape index (κ1) is 23.1. The molecule has 0 unspecified atom stereocenters. The molecule has 1 saturated heterocycles. The minimum absolute atomic E-state index is 0.0209. The van der Waals surface area contributed by atoms with Gasteiger partial charge in [0.25, 0.3) is 0 Å². The number of rotatable bonds is 6. The molecule has 4 atom stereocenters. The van der Waals surface area contributed by atoms with Crippen molar-refractivity contribution in [2.45, 2.75) is 31.5 Å². The molecule has 1 aliphatic heterocycles. The van der Waals surface area contributed by atoms with Crippen LogP contribution in [0.5, 0.6) is 5.75 Å². The highest BCUT2D eigenvalue weighted by molar-refractivity contribution is 6.30. The largest absolute Gasteiger partial charge is 0.497 e. The molecule has 33 heavy (non-hydrogen) atoms. The van der Waals surface area contributed by atoms with Crippen LogP contribution >= 0.6 is 11.6 Å².